The summed E-state index contributed by atoms with van der Waals surface area (Å²) in [4.78, 5) is 0. The van der Waals surface area contributed by atoms with E-state index in [2.05, 4.69) is 6.92 Å². The fraction of sp³-hybridized carbons (Fsp3) is 1.00. The highest BCUT2D eigenvalue weighted by Gasteiger charge is 2.34. The molecule has 0 aromatic carbocycles. The lowest BCUT2D eigenvalue weighted by atomic mass is 9.67. The third-order valence-corrected chi connectivity index (χ3v) is 4.92. The van der Waals surface area contributed by atoms with Crippen LogP contribution < -0.4 is 5.73 Å². The first-order valence-corrected chi connectivity index (χ1v) is 9.32. The molecular weight excluding hydrogens is 294 g/mol. The van der Waals surface area contributed by atoms with Crippen LogP contribution in [0, 0.1) is 17.8 Å². The number of fused-ring (bicyclic) bond motifs is 2. The average Bonchev–Trinajstić information content (AvgIpc) is 2.51. The number of nitrogens with two attached hydrogens (primary N) is 1. The number of hydrogen-bond acceptors (Lipinski definition) is 5. The van der Waals surface area contributed by atoms with Crippen LogP contribution in [-0.2, 0) is 18.9 Å². The van der Waals surface area contributed by atoms with Crippen LogP contribution in [0.1, 0.15) is 39.0 Å². The molecule has 2 saturated carbocycles. The zero-order chi connectivity index (χ0) is 16.3. The van der Waals surface area contributed by atoms with Gasteiger partial charge in [-0.2, -0.15) is 0 Å². The van der Waals surface area contributed by atoms with Crippen molar-refractivity contribution in [2.24, 2.45) is 23.5 Å². The summed E-state index contributed by atoms with van der Waals surface area (Å²) in [6.45, 7) is 7.36. The Bertz CT molecular complexity index is 285. The van der Waals surface area contributed by atoms with Crippen molar-refractivity contribution in [3.8, 4) is 0 Å². The maximum Gasteiger partial charge on any atom is 0.0704 e. The summed E-state index contributed by atoms with van der Waals surface area (Å²) >= 11 is 0. The Labute approximate surface area is 141 Å². The summed E-state index contributed by atoms with van der Waals surface area (Å²) in [5, 5.41) is 0. The van der Waals surface area contributed by atoms with Crippen LogP contribution in [-0.4, -0.2) is 58.9 Å². The van der Waals surface area contributed by atoms with Gasteiger partial charge < -0.3 is 24.7 Å². The highest BCUT2D eigenvalue weighted by Crippen LogP contribution is 2.43. The van der Waals surface area contributed by atoms with Crippen LogP contribution in [0.3, 0.4) is 0 Å². The van der Waals surface area contributed by atoms with E-state index >= 15 is 0 Å². The molecule has 23 heavy (non-hydrogen) atoms. The van der Waals surface area contributed by atoms with Gasteiger partial charge in [-0.25, -0.2) is 0 Å². The van der Waals surface area contributed by atoms with E-state index < -0.39 is 0 Å². The molecule has 0 aromatic rings. The molecule has 2 bridgehead atoms. The predicted molar refractivity (Wildman–Crippen MR) is 90.5 cm³/mol. The van der Waals surface area contributed by atoms with Gasteiger partial charge in [-0.3, -0.25) is 0 Å². The summed E-state index contributed by atoms with van der Waals surface area (Å²) in [7, 11) is 0. The van der Waals surface area contributed by atoms with Crippen molar-refractivity contribution in [2.75, 3.05) is 52.8 Å². The molecule has 0 amide bonds. The van der Waals surface area contributed by atoms with Gasteiger partial charge in [0, 0.05) is 6.54 Å². The van der Waals surface area contributed by atoms with Gasteiger partial charge in [-0.1, -0.05) is 6.92 Å². The summed E-state index contributed by atoms with van der Waals surface area (Å²) < 4.78 is 22.2. The van der Waals surface area contributed by atoms with Gasteiger partial charge in [-0.15, -0.1) is 0 Å². The quantitative estimate of drug-likeness (QED) is 0.556. The minimum atomic E-state index is 0.464. The summed E-state index contributed by atoms with van der Waals surface area (Å²) in [6.07, 6.45) is 7.22. The van der Waals surface area contributed by atoms with Crippen molar-refractivity contribution < 1.29 is 18.9 Å². The van der Waals surface area contributed by atoms with E-state index in [9.17, 15) is 0 Å². The fourth-order valence-electron chi connectivity index (χ4n) is 4.16. The van der Waals surface area contributed by atoms with Crippen LogP contribution in [0.2, 0.25) is 0 Å². The first-order valence-electron chi connectivity index (χ1n) is 9.32. The second-order valence-corrected chi connectivity index (χ2v) is 7.13. The van der Waals surface area contributed by atoms with Crippen LogP contribution in [0.25, 0.3) is 0 Å². The Morgan fingerprint density at radius 1 is 0.696 bits per heavy atom. The van der Waals surface area contributed by atoms with Crippen molar-refractivity contribution in [3.05, 3.63) is 0 Å². The van der Waals surface area contributed by atoms with Gasteiger partial charge >= 0.3 is 0 Å². The van der Waals surface area contributed by atoms with Gasteiger partial charge in [0.25, 0.3) is 0 Å². The SMILES string of the molecule is CC1CC2CC(C1)CC(OCCOCCOCCOCCN)C2. The molecule has 2 atom stereocenters. The third kappa shape index (κ3) is 7.94. The highest BCUT2D eigenvalue weighted by atomic mass is 16.6. The zero-order valence-electron chi connectivity index (χ0n) is 14.7. The standard InChI is InChI=1S/C18H35NO4/c1-15-10-16-12-17(11-15)14-18(13-16)23-9-8-22-7-6-21-5-4-20-3-2-19/h15-18H,2-14,19H2,1H3. The predicted octanol–water partition coefficient (Wildman–Crippen LogP) is 2.23. The highest BCUT2D eigenvalue weighted by molar-refractivity contribution is 4.85. The lowest BCUT2D eigenvalue weighted by Crippen LogP contribution is -2.34. The van der Waals surface area contributed by atoms with Crippen molar-refractivity contribution >= 4 is 0 Å². The van der Waals surface area contributed by atoms with E-state index in [1.54, 1.807) is 0 Å². The topological polar surface area (TPSA) is 62.9 Å². The van der Waals surface area contributed by atoms with Gasteiger partial charge in [-0.05, 0) is 49.9 Å². The molecule has 136 valence electrons. The molecule has 2 aliphatic rings. The van der Waals surface area contributed by atoms with E-state index in [0.29, 0.717) is 58.9 Å². The number of ether oxygens (including phenoxy) is 4. The minimum Gasteiger partial charge on any atom is -0.378 e. The van der Waals surface area contributed by atoms with Crippen molar-refractivity contribution in [1.29, 1.82) is 0 Å². The molecule has 5 nitrogen and oxygen atoms in total. The maximum atomic E-state index is 6.03. The first kappa shape index (κ1) is 19.1. The lowest BCUT2D eigenvalue weighted by Gasteiger charge is -2.41. The molecule has 0 aliphatic heterocycles. The smallest absolute Gasteiger partial charge is 0.0704 e. The van der Waals surface area contributed by atoms with Crippen molar-refractivity contribution in [2.45, 2.75) is 45.1 Å². The fourth-order valence-corrected chi connectivity index (χ4v) is 4.16. The number of rotatable bonds is 12. The molecule has 0 saturated heterocycles. The van der Waals surface area contributed by atoms with Crippen LogP contribution in [0.4, 0.5) is 0 Å². The lowest BCUT2D eigenvalue weighted by molar-refractivity contribution is -0.0524. The first-order chi connectivity index (χ1) is 11.3. The van der Waals surface area contributed by atoms with E-state index in [1.165, 1.54) is 32.1 Å². The Hall–Kier alpha value is -0.200. The average molecular weight is 329 g/mol. The monoisotopic (exact) mass is 329 g/mol. The molecule has 2 rings (SSSR count). The molecule has 5 heteroatoms. The molecule has 2 fully saturated rings. The van der Waals surface area contributed by atoms with Gasteiger partial charge in [0.1, 0.15) is 0 Å². The molecular formula is C18H35NO4. The molecule has 0 spiro atoms. The van der Waals surface area contributed by atoms with E-state index in [4.69, 9.17) is 24.7 Å². The third-order valence-electron chi connectivity index (χ3n) is 4.92. The normalized spacial score (nSPS) is 30.5. The van der Waals surface area contributed by atoms with Crippen molar-refractivity contribution in [1.82, 2.24) is 0 Å². The van der Waals surface area contributed by atoms with E-state index in [-0.39, 0.29) is 0 Å². The van der Waals surface area contributed by atoms with E-state index in [0.717, 1.165) is 17.8 Å². The molecule has 0 radical (unpaired) electrons. The largest absolute Gasteiger partial charge is 0.378 e. The summed E-state index contributed by atoms with van der Waals surface area (Å²) in [5.74, 6) is 2.72. The zero-order valence-corrected chi connectivity index (χ0v) is 14.7. The van der Waals surface area contributed by atoms with Gasteiger partial charge in [0.2, 0.25) is 0 Å². The minimum absolute atomic E-state index is 0.464. The molecule has 0 aromatic heterocycles. The second kappa shape index (κ2) is 11.4. The molecule has 0 heterocycles. The molecule has 2 aliphatic carbocycles. The van der Waals surface area contributed by atoms with E-state index in [1.807, 2.05) is 0 Å². The summed E-state index contributed by atoms with van der Waals surface area (Å²) in [5.41, 5.74) is 5.33. The second-order valence-electron chi connectivity index (χ2n) is 7.13. The Morgan fingerprint density at radius 3 is 1.78 bits per heavy atom. The number of hydrogen-bond donors (Lipinski definition) is 1. The Morgan fingerprint density at radius 2 is 1.22 bits per heavy atom. The van der Waals surface area contributed by atoms with Crippen LogP contribution in [0.15, 0.2) is 0 Å². The van der Waals surface area contributed by atoms with Crippen molar-refractivity contribution in [3.63, 3.8) is 0 Å². The molecule has 2 N–H and O–H groups in total. The van der Waals surface area contributed by atoms with Gasteiger partial charge in [0.15, 0.2) is 0 Å². The maximum absolute atomic E-state index is 6.03. The van der Waals surface area contributed by atoms with Gasteiger partial charge in [0.05, 0.1) is 52.4 Å². The van der Waals surface area contributed by atoms with Crippen LogP contribution in [0.5, 0.6) is 0 Å². The summed E-state index contributed by atoms with van der Waals surface area (Å²) in [6, 6.07) is 0. The Kier molecular flexibility index (Phi) is 9.46. The Balaban J connectivity index is 1.38. The van der Waals surface area contributed by atoms with Crippen LogP contribution >= 0.6 is 0 Å². The molecule has 2 unspecified atom stereocenters.